The second-order valence-corrected chi connectivity index (χ2v) is 5.87. The maximum absolute atomic E-state index is 11.6. The Hall–Kier alpha value is -2.24. The number of piperidine rings is 1. The van der Waals surface area contributed by atoms with Gasteiger partial charge < -0.3 is 4.90 Å². The molecular formula is C16H21N5O. The van der Waals surface area contributed by atoms with Crippen LogP contribution in [0.2, 0.25) is 0 Å². The van der Waals surface area contributed by atoms with Gasteiger partial charge >= 0.3 is 0 Å². The van der Waals surface area contributed by atoms with Gasteiger partial charge in [-0.3, -0.25) is 19.4 Å². The van der Waals surface area contributed by atoms with Crippen molar-refractivity contribution in [3.05, 3.63) is 30.4 Å². The predicted octanol–water partition coefficient (Wildman–Crippen LogP) is 1.68. The van der Waals surface area contributed by atoms with E-state index >= 15 is 0 Å². The molecule has 6 heteroatoms. The molecule has 0 spiro atoms. The van der Waals surface area contributed by atoms with Gasteiger partial charge in [0.2, 0.25) is 5.91 Å². The van der Waals surface area contributed by atoms with E-state index in [-0.39, 0.29) is 5.91 Å². The van der Waals surface area contributed by atoms with Gasteiger partial charge in [0, 0.05) is 45.7 Å². The van der Waals surface area contributed by atoms with Crippen molar-refractivity contribution >= 4 is 5.91 Å². The zero-order valence-corrected chi connectivity index (χ0v) is 13.1. The molecule has 116 valence electrons. The number of rotatable bonds is 3. The summed E-state index contributed by atoms with van der Waals surface area (Å²) in [5, 5.41) is 4.21. The number of carbonyl (C=O) groups is 1. The van der Waals surface area contributed by atoms with Gasteiger partial charge in [-0.25, -0.2) is 0 Å². The highest BCUT2D eigenvalue weighted by Gasteiger charge is 2.23. The average Bonchev–Trinajstić information content (AvgIpc) is 2.94. The molecule has 1 unspecified atom stereocenters. The second kappa shape index (κ2) is 6.25. The third kappa shape index (κ3) is 3.00. The van der Waals surface area contributed by atoms with Crippen LogP contribution >= 0.6 is 0 Å². The largest absolute Gasteiger partial charge is 0.343 e. The van der Waals surface area contributed by atoms with E-state index in [0.29, 0.717) is 5.92 Å². The van der Waals surface area contributed by atoms with Crippen molar-refractivity contribution in [3.63, 3.8) is 0 Å². The SMILES string of the molecule is CC(=O)N1CCCC(Cc2nccnc2-c2ccnn2C)C1. The van der Waals surface area contributed by atoms with Gasteiger partial charge in [0.1, 0.15) is 5.69 Å². The zero-order chi connectivity index (χ0) is 15.5. The molecule has 2 aromatic heterocycles. The summed E-state index contributed by atoms with van der Waals surface area (Å²) in [5.41, 5.74) is 2.85. The summed E-state index contributed by atoms with van der Waals surface area (Å²) in [6.07, 6.45) is 8.26. The molecule has 1 saturated heterocycles. The zero-order valence-electron chi connectivity index (χ0n) is 13.1. The monoisotopic (exact) mass is 299 g/mol. The Morgan fingerprint density at radius 1 is 1.32 bits per heavy atom. The van der Waals surface area contributed by atoms with Gasteiger partial charge in [-0.1, -0.05) is 0 Å². The van der Waals surface area contributed by atoms with Crippen LogP contribution in [0.25, 0.3) is 11.4 Å². The molecule has 6 nitrogen and oxygen atoms in total. The standard InChI is InChI=1S/C16H21N5O/c1-12(22)21-9-3-4-13(11-21)10-14-16(18-8-7-17-14)15-5-6-19-20(15)2/h5-8,13H,3-4,9-11H2,1-2H3. The molecule has 0 N–H and O–H groups in total. The Morgan fingerprint density at radius 3 is 2.86 bits per heavy atom. The maximum atomic E-state index is 11.6. The molecule has 3 rings (SSSR count). The molecule has 22 heavy (non-hydrogen) atoms. The van der Waals surface area contributed by atoms with Crippen molar-refractivity contribution in [1.29, 1.82) is 0 Å². The van der Waals surface area contributed by atoms with Crippen LogP contribution in [0.3, 0.4) is 0 Å². The quantitative estimate of drug-likeness (QED) is 0.865. The molecule has 2 aromatic rings. The summed E-state index contributed by atoms with van der Waals surface area (Å²) >= 11 is 0. The van der Waals surface area contributed by atoms with Crippen LogP contribution < -0.4 is 0 Å². The molecule has 1 amide bonds. The molecular weight excluding hydrogens is 278 g/mol. The fourth-order valence-electron chi connectivity index (χ4n) is 3.13. The molecule has 0 saturated carbocycles. The van der Waals surface area contributed by atoms with Gasteiger partial charge in [-0.05, 0) is 31.2 Å². The first-order valence-corrected chi connectivity index (χ1v) is 7.69. The Bertz CT molecular complexity index is 666. The lowest BCUT2D eigenvalue weighted by atomic mass is 9.92. The van der Waals surface area contributed by atoms with Gasteiger partial charge in [0.25, 0.3) is 0 Å². The minimum Gasteiger partial charge on any atom is -0.343 e. The molecule has 1 fully saturated rings. The first-order chi connectivity index (χ1) is 10.6. The van der Waals surface area contributed by atoms with Crippen molar-refractivity contribution in [1.82, 2.24) is 24.6 Å². The van der Waals surface area contributed by atoms with Crippen molar-refractivity contribution in [3.8, 4) is 11.4 Å². The van der Waals surface area contributed by atoms with Crippen molar-refractivity contribution in [2.24, 2.45) is 13.0 Å². The summed E-state index contributed by atoms with van der Waals surface area (Å²) in [7, 11) is 1.91. The highest BCUT2D eigenvalue weighted by Crippen LogP contribution is 2.25. The minimum atomic E-state index is 0.163. The van der Waals surface area contributed by atoms with Crippen LogP contribution in [0.1, 0.15) is 25.5 Å². The number of amides is 1. The molecule has 0 radical (unpaired) electrons. The topological polar surface area (TPSA) is 63.9 Å². The molecule has 1 atom stereocenters. The summed E-state index contributed by atoms with van der Waals surface area (Å²) in [6.45, 7) is 3.34. The normalized spacial score (nSPS) is 18.5. The highest BCUT2D eigenvalue weighted by atomic mass is 16.2. The van der Waals surface area contributed by atoms with Crippen molar-refractivity contribution in [2.45, 2.75) is 26.2 Å². The third-order valence-electron chi connectivity index (χ3n) is 4.28. The number of hydrogen-bond acceptors (Lipinski definition) is 4. The molecule has 1 aliphatic rings. The molecule has 0 bridgehead atoms. The highest BCUT2D eigenvalue weighted by molar-refractivity contribution is 5.73. The summed E-state index contributed by atoms with van der Waals surface area (Å²) in [5.74, 6) is 0.608. The number of carbonyl (C=O) groups excluding carboxylic acids is 1. The summed E-state index contributed by atoms with van der Waals surface area (Å²) in [6, 6.07) is 1.95. The van der Waals surface area contributed by atoms with Crippen LogP contribution in [-0.2, 0) is 18.3 Å². The van der Waals surface area contributed by atoms with Gasteiger partial charge in [-0.2, -0.15) is 5.10 Å². The lowest BCUT2D eigenvalue weighted by Gasteiger charge is -2.32. The van der Waals surface area contributed by atoms with E-state index in [1.165, 1.54) is 0 Å². The minimum absolute atomic E-state index is 0.163. The van der Waals surface area contributed by atoms with Gasteiger partial charge in [-0.15, -0.1) is 0 Å². The second-order valence-electron chi connectivity index (χ2n) is 5.87. The van der Waals surface area contributed by atoms with E-state index in [9.17, 15) is 4.79 Å². The first-order valence-electron chi connectivity index (χ1n) is 7.69. The Kier molecular flexibility index (Phi) is 4.18. The van der Waals surface area contributed by atoms with Crippen molar-refractivity contribution < 1.29 is 4.79 Å². The number of nitrogens with zero attached hydrogens (tertiary/aromatic N) is 5. The Labute approximate surface area is 130 Å². The van der Waals surface area contributed by atoms with E-state index in [4.69, 9.17) is 0 Å². The maximum Gasteiger partial charge on any atom is 0.219 e. The summed E-state index contributed by atoms with van der Waals surface area (Å²) in [4.78, 5) is 22.6. The van der Waals surface area contributed by atoms with Crippen LogP contribution in [0, 0.1) is 5.92 Å². The first kappa shape index (κ1) is 14.7. The smallest absolute Gasteiger partial charge is 0.219 e. The van der Waals surface area contributed by atoms with E-state index in [1.807, 2.05) is 22.7 Å². The fraction of sp³-hybridized carbons (Fsp3) is 0.500. The van der Waals surface area contributed by atoms with Crippen molar-refractivity contribution in [2.75, 3.05) is 13.1 Å². The van der Waals surface area contributed by atoms with E-state index in [1.54, 1.807) is 25.5 Å². The number of aromatic nitrogens is 4. The number of hydrogen-bond donors (Lipinski definition) is 0. The van der Waals surface area contributed by atoms with Gasteiger partial charge in [0.05, 0.1) is 11.4 Å². The molecule has 3 heterocycles. The van der Waals surface area contributed by atoms with Crippen LogP contribution in [0.15, 0.2) is 24.7 Å². The molecule has 1 aliphatic heterocycles. The third-order valence-corrected chi connectivity index (χ3v) is 4.28. The van der Waals surface area contributed by atoms with Crippen LogP contribution in [0.4, 0.5) is 0 Å². The van der Waals surface area contributed by atoms with E-state index < -0.39 is 0 Å². The predicted molar refractivity (Wildman–Crippen MR) is 82.9 cm³/mol. The Morgan fingerprint density at radius 2 is 2.14 bits per heavy atom. The van der Waals surface area contributed by atoms with Gasteiger partial charge in [0.15, 0.2) is 0 Å². The molecule has 0 aromatic carbocycles. The fourth-order valence-corrected chi connectivity index (χ4v) is 3.13. The lowest BCUT2D eigenvalue weighted by Crippen LogP contribution is -2.39. The van der Waals surface area contributed by atoms with E-state index in [2.05, 4.69) is 15.1 Å². The summed E-state index contributed by atoms with van der Waals surface area (Å²) < 4.78 is 1.82. The lowest BCUT2D eigenvalue weighted by molar-refractivity contribution is -0.130. The Balaban J connectivity index is 1.81. The van der Waals surface area contributed by atoms with E-state index in [0.717, 1.165) is 49.4 Å². The number of aryl methyl sites for hydroxylation is 1. The molecule has 0 aliphatic carbocycles. The van der Waals surface area contributed by atoms with Crippen LogP contribution in [0.5, 0.6) is 0 Å². The van der Waals surface area contributed by atoms with Crippen LogP contribution in [-0.4, -0.2) is 43.6 Å². The average molecular weight is 299 g/mol. The number of likely N-dealkylation sites (tertiary alicyclic amines) is 1.